The molecule has 122 valence electrons. The minimum atomic E-state index is -0.286. The molecule has 1 amide bonds. The van der Waals surface area contributed by atoms with Gasteiger partial charge in [-0.05, 0) is 18.4 Å². The van der Waals surface area contributed by atoms with E-state index in [4.69, 9.17) is 9.84 Å². The molecule has 0 spiro atoms. The lowest BCUT2D eigenvalue weighted by Gasteiger charge is -2.37. The van der Waals surface area contributed by atoms with Gasteiger partial charge in [0.25, 0.3) is 0 Å². The molecule has 1 aromatic rings. The molecular formula is C17H26N2O3. The number of ether oxygens (including phenoxy) is 1. The minimum Gasteiger partial charge on any atom is -0.445 e. The molecule has 22 heavy (non-hydrogen) atoms. The van der Waals surface area contributed by atoms with Gasteiger partial charge in [-0.1, -0.05) is 43.2 Å². The summed E-state index contributed by atoms with van der Waals surface area (Å²) in [4.78, 5) is 14.0. The number of hydrogen-bond donors (Lipinski definition) is 2. The highest BCUT2D eigenvalue weighted by molar-refractivity contribution is 5.67. The molecule has 1 aliphatic carbocycles. The quantitative estimate of drug-likeness (QED) is 0.845. The first-order valence-electron chi connectivity index (χ1n) is 8.00. The molecule has 0 aliphatic heterocycles. The van der Waals surface area contributed by atoms with Gasteiger partial charge in [-0.3, -0.25) is 0 Å². The van der Waals surface area contributed by atoms with Crippen LogP contribution >= 0.6 is 0 Å². The van der Waals surface area contributed by atoms with Crippen LogP contribution in [0.5, 0.6) is 0 Å². The summed E-state index contributed by atoms with van der Waals surface area (Å²) in [6, 6.07) is 10.1. The number of nitrogens with zero attached hydrogens (tertiary/aromatic N) is 1. The number of aliphatic hydroxyl groups is 1. The lowest BCUT2D eigenvalue weighted by atomic mass is 9.89. The Hall–Kier alpha value is -1.59. The average molecular weight is 306 g/mol. The number of carbonyl (C=O) groups is 1. The van der Waals surface area contributed by atoms with Gasteiger partial charge in [-0.2, -0.15) is 0 Å². The summed E-state index contributed by atoms with van der Waals surface area (Å²) in [6.45, 7) is 0.977. The number of likely N-dealkylation sites (N-methyl/N-ethyl adjacent to an activating group) is 1. The molecule has 0 radical (unpaired) electrons. The summed E-state index contributed by atoms with van der Waals surface area (Å²) < 4.78 is 5.41. The molecule has 1 aliphatic rings. The van der Waals surface area contributed by atoms with Crippen LogP contribution in [0.25, 0.3) is 0 Å². The third-order valence-corrected chi connectivity index (χ3v) is 4.24. The summed E-state index contributed by atoms with van der Waals surface area (Å²) in [5, 5.41) is 12.3. The molecule has 2 N–H and O–H groups in total. The predicted octanol–water partition coefficient (Wildman–Crippen LogP) is 2.15. The van der Waals surface area contributed by atoms with Gasteiger partial charge in [0.05, 0.1) is 12.6 Å². The van der Waals surface area contributed by atoms with Gasteiger partial charge < -0.3 is 20.1 Å². The van der Waals surface area contributed by atoms with Gasteiger partial charge in [-0.25, -0.2) is 4.79 Å². The van der Waals surface area contributed by atoms with Crippen molar-refractivity contribution in [3.63, 3.8) is 0 Å². The maximum absolute atomic E-state index is 12.3. The minimum absolute atomic E-state index is 0.116. The summed E-state index contributed by atoms with van der Waals surface area (Å²) in [5.41, 5.74) is 0.989. The molecule has 5 heteroatoms. The van der Waals surface area contributed by atoms with Crippen molar-refractivity contribution in [2.45, 2.75) is 44.4 Å². The van der Waals surface area contributed by atoms with Crippen molar-refractivity contribution in [2.24, 2.45) is 0 Å². The highest BCUT2D eigenvalue weighted by Gasteiger charge is 2.31. The molecule has 0 aromatic heterocycles. The highest BCUT2D eigenvalue weighted by Crippen LogP contribution is 2.23. The Kier molecular flexibility index (Phi) is 6.68. The van der Waals surface area contributed by atoms with Crippen LogP contribution in [0.15, 0.2) is 30.3 Å². The van der Waals surface area contributed by atoms with Crippen LogP contribution < -0.4 is 5.32 Å². The molecule has 1 saturated carbocycles. The molecule has 5 nitrogen and oxygen atoms in total. The van der Waals surface area contributed by atoms with Crippen molar-refractivity contribution >= 4 is 6.09 Å². The second-order valence-corrected chi connectivity index (χ2v) is 5.79. The fraction of sp³-hybridized carbons (Fsp3) is 0.588. The largest absolute Gasteiger partial charge is 0.445 e. The molecule has 0 unspecified atom stereocenters. The van der Waals surface area contributed by atoms with Crippen LogP contribution in [0.4, 0.5) is 4.79 Å². The lowest BCUT2D eigenvalue weighted by molar-refractivity contribution is 0.0736. The van der Waals surface area contributed by atoms with Crippen LogP contribution in [0.2, 0.25) is 0 Å². The number of carbonyl (C=O) groups excluding carboxylic acids is 1. The number of amides is 1. The van der Waals surface area contributed by atoms with E-state index in [0.717, 1.165) is 31.2 Å². The Morgan fingerprint density at radius 1 is 1.32 bits per heavy atom. The standard InChI is InChI=1S/C17H26N2O3/c1-19(16-10-6-5-9-15(16)18-11-12-20)17(21)22-13-14-7-3-2-4-8-14/h2-4,7-8,15-16,18,20H,5-6,9-13H2,1H3/t15-,16-/m1/s1. The summed E-state index contributed by atoms with van der Waals surface area (Å²) in [5.74, 6) is 0. The van der Waals surface area contributed by atoms with Crippen molar-refractivity contribution in [3.05, 3.63) is 35.9 Å². The van der Waals surface area contributed by atoms with Crippen LogP contribution in [0, 0.1) is 0 Å². The van der Waals surface area contributed by atoms with Gasteiger partial charge in [-0.15, -0.1) is 0 Å². The fourth-order valence-electron chi connectivity index (χ4n) is 3.02. The van der Waals surface area contributed by atoms with E-state index in [-0.39, 0.29) is 24.8 Å². The molecular weight excluding hydrogens is 280 g/mol. The van der Waals surface area contributed by atoms with Crippen LogP contribution in [0.1, 0.15) is 31.2 Å². The zero-order valence-corrected chi connectivity index (χ0v) is 13.2. The molecule has 2 rings (SSSR count). The lowest BCUT2D eigenvalue weighted by Crippen LogP contribution is -2.52. The SMILES string of the molecule is CN(C(=O)OCc1ccccc1)[C@@H]1CCCC[C@H]1NCCO. The maximum atomic E-state index is 12.3. The molecule has 2 atom stereocenters. The first-order chi connectivity index (χ1) is 10.7. The summed E-state index contributed by atoms with van der Waals surface area (Å²) >= 11 is 0. The first-order valence-corrected chi connectivity index (χ1v) is 8.00. The Bertz CT molecular complexity index is 452. The zero-order chi connectivity index (χ0) is 15.8. The third-order valence-electron chi connectivity index (χ3n) is 4.24. The molecule has 0 saturated heterocycles. The maximum Gasteiger partial charge on any atom is 0.410 e. The number of hydrogen-bond acceptors (Lipinski definition) is 4. The molecule has 1 aromatic carbocycles. The molecule has 0 heterocycles. The van der Waals surface area contributed by atoms with Crippen molar-refractivity contribution in [3.8, 4) is 0 Å². The Labute approximate surface area is 132 Å². The van der Waals surface area contributed by atoms with Crippen LogP contribution in [-0.2, 0) is 11.3 Å². The van der Waals surface area contributed by atoms with E-state index in [0.29, 0.717) is 13.2 Å². The number of benzene rings is 1. The van der Waals surface area contributed by atoms with E-state index in [9.17, 15) is 4.79 Å². The topological polar surface area (TPSA) is 61.8 Å². The van der Waals surface area contributed by atoms with Gasteiger partial charge in [0, 0.05) is 19.6 Å². The Morgan fingerprint density at radius 3 is 2.77 bits per heavy atom. The number of nitrogens with one attached hydrogen (secondary N) is 1. The second kappa shape index (κ2) is 8.76. The van der Waals surface area contributed by atoms with Gasteiger partial charge in [0.15, 0.2) is 0 Å². The van der Waals surface area contributed by atoms with Crippen LogP contribution in [0.3, 0.4) is 0 Å². The molecule has 0 bridgehead atoms. The Balaban J connectivity index is 1.87. The third kappa shape index (κ3) is 4.71. The fourth-order valence-corrected chi connectivity index (χ4v) is 3.02. The summed E-state index contributed by atoms with van der Waals surface area (Å²) in [6.07, 6.45) is 4.00. The van der Waals surface area contributed by atoms with Gasteiger partial charge >= 0.3 is 6.09 Å². The van der Waals surface area contributed by atoms with E-state index in [1.54, 1.807) is 11.9 Å². The van der Waals surface area contributed by atoms with Crippen molar-refractivity contribution in [2.75, 3.05) is 20.2 Å². The van der Waals surface area contributed by atoms with Crippen molar-refractivity contribution in [1.29, 1.82) is 0 Å². The van der Waals surface area contributed by atoms with Crippen molar-refractivity contribution in [1.82, 2.24) is 10.2 Å². The van der Waals surface area contributed by atoms with Crippen molar-refractivity contribution < 1.29 is 14.6 Å². The average Bonchev–Trinajstić information content (AvgIpc) is 2.58. The number of aliphatic hydroxyl groups excluding tert-OH is 1. The molecule has 1 fully saturated rings. The van der Waals surface area contributed by atoms with E-state index in [2.05, 4.69) is 5.32 Å². The zero-order valence-electron chi connectivity index (χ0n) is 13.2. The number of rotatable bonds is 6. The van der Waals surface area contributed by atoms with E-state index in [1.165, 1.54) is 0 Å². The van der Waals surface area contributed by atoms with Gasteiger partial charge in [0.1, 0.15) is 6.61 Å². The second-order valence-electron chi connectivity index (χ2n) is 5.79. The van der Waals surface area contributed by atoms with Gasteiger partial charge in [0.2, 0.25) is 0 Å². The van der Waals surface area contributed by atoms with E-state index < -0.39 is 0 Å². The first kappa shape index (κ1) is 16.8. The van der Waals surface area contributed by atoms with E-state index >= 15 is 0 Å². The summed E-state index contributed by atoms with van der Waals surface area (Å²) in [7, 11) is 1.80. The predicted molar refractivity (Wildman–Crippen MR) is 85.5 cm³/mol. The van der Waals surface area contributed by atoms with Crippen LogP contribution in [-0.4, -0.2) is 48.4 Å². The monoisotopic (exact) mass is 306 g/mol. The highest BCUT2D eigenvalue weighted by atomic mass is 16.6. The smallest absolute Gasteiger partial charge is 0.410 e. The normalized spacial score (nSPS) is 21.4. The Morgan fingerprint density at radius 2 is 2.05 bits per heavy atom. The van der Waals surface area contributed by atoms with E-state index in [1.807, 2.05) is 30.3 Å².